The van der Waals surface area contributed by atoms with Crippen molar-refractivity contribution in [3.63, 3.8) is 0 Å². The molecule has 0 radical (unpaired) electrons. The summed E-state index contributed by atoms with van der Waals surface area (Å²) >= 11 is 0. The highest BCUT2D eigenvalue weighted by Gasteiger charge is 2.23. The lowest BCUT2D eigenvalue weighted by Crippen LogP contribution is -2.23. The van der Waals surface area contributed by atoms with Gasteiger partial charge in [-0.2, -0.15) is 44.0 Å². The Bertz CT molecular complexity index is 2430. The molecule has 50 heavy (non-hydrogen) atoms. The van der Waals surface area contributed by atoms with Gasteiger partial charge in [-0.05, 0) is 25.1 Å². The third-order valence-corrected chi connectivity index (χ3v) is 10.6. The minimum atomic E-state index is -5.01. The number of benzene rings is 2. The number of nitrogens with one attached hydrogen (secondary N) is 2. The largest absolute Gasteiger partial charge is 0.397 e. The molecule has 6 N–H and O–H groups in total. The second-order valence-electron chi connectivity index (χ2n) is 9.72. The van der Waals surface area contributed by atoms with Crippen molar-refractivity contribution in [2.24, 2.45) is 10.2 Å². The van der Waals surface area contributed by atoms with Crippen LogP contribution in [0.2, 0.25) is 0 Å². The molecule has 27 heteroatoms. The Morgan fingerprint density at radius 3 is 1.94 bits per heavy atom. The molecule has 0 aliphatic rings. The van der Waals surface area contributed by atoms with Gasteiger partial charge in [0.25, 0.3) is 20.2 Å². The first-order valence-corrected chi connectivity index (χ1v) is 20.6. The smallest absolute Gasteiger partial charge is 0.368 e. The molecule has 0 fully saturated rings. The Morgan fingerprint density at radius 2 is 1.36 bits per heavy atom. The Balaban J connectivity index is 2.08. The summed E-state index contributed by atoms with van der Waals surface area (Å²) in [5.41, 5.74) is -0.849. The lowest BCUT2D eigenvalue weighted by Gasteiger charge is -2.15. The monoisotopic (exact) mass is 802 g/mol. The Kier molecular flexibility index (Phi) is 12.6. The van der Waals surface area contributed by atoms with E-state index in [1.807, 2.05) is 6.07 Å². The second-order valence-corrected chi connectivity index (χ2v) is 17.0. The van der Waals surface area contributed by atoms with Crippen LogP contribution in [0.5, 0.6) is 0 Å². The van der Waals surface area contributed by atoms with Gasteiger partial charge in [-0.1, -0.05) is 12.1 Å². The van der Waals surface area contributed by atoms with Crippen molar-refractivity contribution in [3.8, 4) is 6.07 Å². The molecule has 0 bridgehead atoms. The first-order valence-electron chi connectivity index (χ1n) is 13.2. The first kappa shape index (κ1) is 40.5. The molecule has 3 aromatic rings. The van der Waals surface area contributed by atoms with Crippen LogP contribution in [0.15, 0.2) is 50.4 Å². The molecule has 22 nitrogen and oxygen atoms in total. The summed E-state index contributed by atoms with van der Waals surface area (Å²) in [5.74, 6) is -1.93. The molecular formula is C23H26N6O16S5. The average Bonchev–Trinajstić information content (AvgIpc) is 2.96. The molecular weight excluding hydrogens is 777 g/mol. The van der Waals surface area contributed by atoms with E-state index in [1.165, 1.54) is 6.92 Å². The van der Waals surface area contributed by atoms with Gasteiger partial charge in [-0.25, -0.2) is 21.8 Å². The maximum atomic E-state index is 12.3. The number of nitriles is 1. The fourth-order valence-corrected chi connectivity index (χ4v) is 7.20. The zero-order valence-electron chi connectivity index (χ0n) is 25.1. The number of azo groups is 1. The number of nitrogens with zero attached hydrogens (tertiary/aromatic N) is 4. The van der Waals surface area contributed by atoms with Gasteiger partial charge in [-0.15, -0.1) is 5.11 Å². The van der Waals surface area contributed by atoms with Crippen molar-refractivity contribution in [1.82, 2.24) is 4.98 Å². The lowest BCUT2D eigenvalue weighted by atomic mass is 10.1. The molecule has 1 heterocycles. The standard InChI is InChI=1S/C23H26N6O16S5/c1-14-18(13-24)22(26-6-9-46(30,31)10-8-45-50(41,42)43)27-23(25-5-7-44-49(38,39)40)21(14)29-28-15-11-17-16(20(12-15)48(35,36)37)3-2-4-19(17)47(32,33)34/h2-4,11-12H,5-10H2,1H3,(H2,25,26,27)(H,32,33,34)(H,35,36,37)(H,38,39,40)(H,41,42,43)/b29-28+. The number of fused-ring (bicyclic) bond motifs is 1. The Labute approximate surface area is 285 Å². The summed E-state index contributed by atoms with van der Waals surface area (Å²) in [6.07, 6.45) is 0. The highest BCUT2D eigenvalue weighted by molar-refractivity contribution is 7.91. The van der Waals surface area contributed by atoms with Gasteiger partial charge in [-0.3, -0.25) is 18.2 Å². The van der Waals surface area contributed by atoms with E-state index in [1.54, 1.807) is 0 Å². The van der Waals surface area contributed by atoms with Crippen molar-refractivity contribution >= 4 is 84.7 Å². The van der Waals surface area contributed by atoms with Gasteiger partial charge in [0.2, 0.25) is 0 Å². The van der Waals surface area contributed by atoms with E-state index in [2.05, 4.69) is 34.2 Å². The predicted molar refractivity (Wildman–Crippen MR) is 172 cm³/mol. The summed E-state index contributed by atoms with van der Waals surface area (Å²) < 4.78 is 161. The zero-order valence-corrected chi connectivity index (χ0v) is 29.2. The van der Waals surface area contributed by atoms with Crippen LogP contribution in [-0.4, -0.2) is 103 Å². The summed E-state index contributed by atoms with van der Waals surface area (Å²) in [6.45, 7) is -0.982. The van der Waals surface area contributed by atoms with Crippen molar-refractivity contribution in [3.05, 3.63) is 41.5 Å². The molecule has 0 saturated carbocycles. The number of hydrogen-bond acceptors (Lipinski definition) is 18. The van der Waals surface area contributed by atoms with Crippen molar-refractivity contribution in [2.45, 2.75) is 16.7 Å². The maximum absolute atomic E-state index is 12.3. The highest BCUT2D eigenvalue weighted by Crippen LogP contribution is 2.37. The van der Waals surface area contributed by atoms with Gasteiger partial charge < -0.3 is 10.6 Å². The predicted octanol–water partition coefficient (Wildman–Crippen LogP) is 1.20. The SMILES string of the molecule is Cc1c(C#N)c(NCCS(=O)(=O)CCOS(=O)(=O)O)nc(NCCOS(=O)(=O)O)c1/N=N/c1cc(S(=O)(=O)O)c2cccc(S(=O)(=O)O)c2c1. The number of pyridine rings is 1. The molecule has 0 saturated heterocycles. The summed E-state index contributed by atoms with van der Waals surface area (Å²) in [4.78, 5) is 2.64. The normalized spacial score (nSPS) is 13.0. The topological polar surface area (TPSA) is 356 Å². The molecule has 274 valence electrons. The molecule has 0 aliphatic carbocycles. The molecule has 0 atom stereocenters. The van der Waals surface area contributed by atoms with Crippen LogP contribution >= 0.6 is 0 Å². The van der Waals surface area contributed by atoms with Crippen LogP contribution in [0.4, 0.5) is 23.0 Å². The molecule has 0 spiro atoms. The molecule has 0 unspecified atom stereocenters. The molecule has 3 rings (SSSR count). The van der Waals surface area contributed by atoms with Gasteiger partial charge in [0.15, 0.2) is 15.7 Å². The van der Waals surface area contributed by atoms with E-state index in [0.29, 0.717) is 0 Å². The van der Waals surface area contributed by atoms with Crippen LogP contribution in [0.25, 0.3) is 10.8 Å². The van der Waals surface area contributed by atoms with Gasteiger partial charge >= 0.3 is 20.8 Å². The van der Waals surface area contributed by atoms with Crippen molar-refractivity contribution in [1.29, 1.82) is 5.26 Å². The second kappa shape index (κ2) is 15.5. The van der Waals surface area contributed by atoms with E-state index in [-0.39, 0.29) is 51.5 Å². The van der Waals surface area contributed by atoms with Crippen molar-refractivity contribution in [2.75, 3.05) is 48.4 Å². The average molecular weight is 803 g/mol. The number of anilines is 2. The Morgan fingerprint density at radius 1 is 0.760 bits per heavy atom. The minimum Gasteiger partial charge on any atom is -0.368 e. The fraction of sp³-hybridized carbons (Fsp3) is 0.304. The van der Waals surface area contributed by atoms with Gasteiger partial charge in [0, 0.05) is 29.4 Å². The summed E-state index contributed by atoms with van der Waals surface area (Å²) in [7, 11) is -23.6. The van der Waals surface area contributed by atoms with Crippen LogP contribution in [0.1, 0.15) is 11.1 Å². The molecule has 0 amide bonds. The Hall–Kier alpha value is -3.95. The summed E-state index contributed by atoms with van der Waals surface area (Å²) in [6, 6.07) is 6.91. The van der Waals surface area contributed by atoms with Gasteiger partial charge in [0.05, 0.1) is 36.0 Å². The number of sulfone groups is 1. The van der Waals surface area contributed by atoms with Gasteiger partial charge in [0.1, 0.15) is 27.4 Å². The van der Waals surface area contributed by atoms with Crippen LogP contribution < -0.4 is 10.6 Å². The third kappa shape index (κ3) is 11.6. The van der Waals surface area contributed by atoms with E-state index in [0.717, 1.165) is 30.3 Å². The maximum Gasteiger partial charge on any atom is 0.397 e. The molecule has 1 aromatic heterocycles. The quantitative estimate of drug-likeness (QED) is 0.0634. The molecule has 0 aliphatic heterocycles. The van der Waals surface area contributed by atoms with Crippen LogP contribution in [0.3, 0.4) is 0 Å². The van der Waals surface area contributed by atoms with E-state index >= 15 is 0 Å². The van der Waals surface area contributed by atoms with E-state index in [4.69, 9.17) is 9.11 Å². The van der Waals surface area contributed by atoms with E-state index in [9.17, 15) is 56.5 Å². The minimum absolute atomic E-state index is 0.00535. The fourth-order valence-electron chi connectivity index (χ4n) is 4.13. The summed E-state index contributed by atoms with van der Waals surface area (Å²) in [5, 5.41) is 22.3. The third-order valence-electron chi connectivity index (χ3n) is 6.21. The van der Waals surface area contributed by atoms with E-state index < -0.39 is 91.9 Å². The number of aromatic nitrogens is 1. The first-order chi connectivity index (χ1) is 22.9. The van der Waals surface area contributed by atoms with Crippen molar-refractivity contribution < 1.29 is 68.7 Å². The van der Waals surface area contributed by atoms with Crippen LogP contribution in [-0.2, 0) is 59.2 Å². The lowest BCUT2D eigenvalue weighted by molar-refractivity contribution is 0.278. The molecule has 2 aromatic carbocycles. The zero-order chi connectivity index (χ0) is 37.7. The van der Waals surface area contributed by atoms with Crippen LogP contribution in [0, 0.1) is 18.3 Å². The number of hydrogen-bond donors (Lipinski definition) is 6. The highest BCUT2D eigenvalue weighted by atomic mass is 32.3. The number of rotatable bonds is 17.